The lowest BCUT2D eigenvalue weighted by Crippen LogP contribution is -2.34. The zero-order chi connectivity index (χ0) is 12.5. The number of rotatable bonds is 2. The maximum atomic E-state index is 14.9. The van der Waals surface area contributed by atoms with E-state index in [1.165, 1.54) is 0 Å². The van der Waals surface area contributed by atoms with Gasteiger partial charge in [-0.05, 0) is 43.9 Å². The summed E-state index contributed by atoms with van der Waals surface area (Å²) < 4.78 is 20.1. The summed E-state index contributed by atoms with van der Waals surface area (Å²) in [4.78, 5) is 0. The van der Waals surface area contributed by atoms with Crippen molar-refractivity contribution in [1.82, 2.24) is 0 Å². The van der Waals surface area contributed by atoms with Crippen LogP contribution < -0.4 is 10.5 Å². The van der Waals surface area contributed by atoms with Crippen molar-refractivity contribution in [1.29, 1.82) is 0 Å². The van der Waals surface area contributed by atoms with Gasteiger partial charge in [0.15, 0.2) is 0 Å². The number of nitrogens with two attached hydrogens (primary N) is 1. The Morgan fingerprint density at radius 1 is 1.41 bits per heavy atom. The fourth-order valence-electron chi connectivity index (χ4n) is 2.40. The summed E-state index contributed by atoms with van der Waals surface area (Å²) >= 11 is 5.94. The first-order chi connectivity index (χ1) is 8.05. The predicted molar refractivity (Wildman–Crippen MR) is 67.2 cm³/mol. The molecule has 1 aliphatic rings. The summed E-state index contributed by atoms with van der Waals surface area (Å²) in [7, 11) is 1.55. The zero-order valence-electron chi connectivity index (χ0n) is 9.88. The van der Waals surface area contributed by atoms with Gasteiger partial charge >= 0.3 is 0 Å². The molecule has 1 saturated carbocycles. The standard InChI is InChI=1S/C13H17ClFNO/c1-17-12-3-2-9(14)8-11(12)13(15)6-4-10(16)5-7-13/h2-3,8,10H,4-7,16H2,1H3. The van der Waals surface area contributed by atoms with Gasteiger partial charge in [-0.25, -0.2) is 4.39 Å². The maximum Gasteiger partial charge on any atom is 0.139 e. The van der Waals surface area contributed by atoms with Crippen molar-refractivity contribution in [2.45, 2.75) is 37.4 Å². The van der Waals surface area contributed by atoms with E-state index in [4.69, 9.17) is 22.1 Å². The molecule has 0 amide bonds. The maximum absolute atomic E-state index is 14.9. The average molecular weight is 258 g/mol. The van der Waals surface area contributed by atoms with E-state index in [0.29, 0.717) is 42.0 Å². The fraction of sp³-hybridized carbons (Fsp3) is 0.538. The first kappa shape index (κ1) is 12.7. The lowest BCUT2D eigenvalue weighted by molar-refractivity contribution is 0.0946. The SMILES string of the molecule is COc1ccc(Cl)cc1C1(F)CCC(N)CC1. The Kier molecular flexibility index (Phi) is 3.59. The third kappa shape index (κ3) is 2.55. The van der Waals surface area contributed by atoms with Gasteiger partial charge in [-0.15, -0.1) is 0 Å². The Balaban J connectivity index is 2.34. The van der Waals surface area contributed by atoms with E-state index in [0.717, 1.165) is 0 Å². The van der Waals surface area contributed by atoms with E-state index < -0.39 is 5.67 Å². The first-order valence-corrected chi connectivity index (χ1v) is 6.21. The number of ether oxygens (including phenoxy) is 1. The van der Waals surface area contributed by atoms with Crippen LogP contribution in [0.25, 0.3) is 0 Å². The Bertz CT molecular complexity index is 402. The molecule has 0 bridgehead atoms. The Morgan fingerprint density at radius 3 is 2.65 bits per heavy atom. The number of hydrogen-bond acceptors (Lipinski definition) is 2. The Hall–Kier alpha value is -0.800. The monoisotopic (exact) mass is 257 g/mol. The molecule has 2 N–H and O–H groups in total. The van der Waals surface area contributed by atoms with Crippen molar-refractivity contribution < 1.29 is 9.13 Å². The van der Waals surface area contributed by atoms with Gasteiger partial charge in [-0.1, -0.05) is 11.6 Å². The minimum Gasteiger partial charge on any atom is -0.496 e. The van der Waals surface area contributed by atoms with Crippen molar-refractivity contribution >= 4 is 11.6 Å². The van der Waals surface area contributed by atoms with Crippen LogP contribution in [0, 0.1) is 0 Å². The van der Waals surface area contributed by atoms with Crippen LogP contribution in [-0.2, 0) is 5.67 Å². The van der Waals surface area contributed by atoms with Gasteiger partial charge in [0.05, 0.1) is 7.11 Å². The summed E-state index contributed by atoms with van der Waals surface area (Å²) in [5.74, 6) is 0.562. The minimum atomic E-state index is -1.36. The van der Waals surface area contributed by atoms with E-state index in [1.54, 1.807) is 25.3 Å². The van der Waals surface area contributed by atoms with Gasteiger partial charge < -0.3 is 10.5 Å². The topological polar surface area (TPSA) is 35.2 Å². The summed E-state index contributed by atoms with van der Waals surface area (Å²) in [6.07, 6.45) is 2.27. The highest BCUT2D eigenvalue weighted by molar-refractivity contribution is 6.30. The number of alkyl halides is 1. The van der Waals surface area contributed by atoms with Crippen LogP contribution in [0.15, 0.2) is 18.2 Å². The second kappa shape index (κ2) is 4.83. The van der Waals surface area contributed by atoms with E-state index in [9.17, 15) is 4.39 Å². The fourth-order valence-corrected chi connectivity index (χ4v) is 2.57. The lowest BCUT2D eigenvalue weighted by Gasteiger charge is -2.33. The van der Waals surface area contributed by atoms with Crippen LogP contribution in [0.2, 0.25) is 5.02 Å². The van der Waals surface area contributed by atoms with Crippen molar-refractivity contribution in [3.63, 3.8) is 0 Å². The van der Waals surface area contributed by atoms with Crippen LogP contribution in [0.5, 0.6) is 5.75 Å². The van der Waals surface area contributed by atoms with Crippen LogP contribution >= 0.6 is 11.6 Å². The van der Waals surface area contributed by atoms with Crippen molar-refractivity contribution in [3.8, 4) is 5.75 Å². The summed E-state index contributed by atoms with van der Waals surface area (Å²) in [5, 5.41) is 0.535. The highest BCUT2D eigenvalue weighted by atomic mass is 35.5. The molecule has 17 heavy (non-hydrogen) atoms. The third-order valence-electron chi connectivity index (χ3n) is 3.47. The molecule has 0 radical (unpaired) electrons. The number of methoxy groups -OCH3 is 1. The highest BCUT2D eigenvalue weighted by Crippen LogP contribution is 2.44. The van der Waals surface area contributed by atoms with Crippen LogP contribution in [0.3, 0.4) is 0 Å². The molecule has 1 fully saturated rings. The normalized spacial score (nSPS) is 29.1. The molecule has 0 spiro atoms. The molecule has 1 aliphatic carbocycles. The first-order valence-electron chi connectivity index (χ1n) is 5.84. The average Bonchev–Trinajstić information content (AvgIpc) is 2.33. The van der Waals surface area contributed by atoms with E-state index in [-0.39, 0.29) is 6.04 Å². The molecule has 4 heteroatoms. The molecule has 0 aliphatic heterocycles. The quantitative estimate of drug-likeness (QED) is 0.881. The Morgan fingerprint density at radius 2 is 2.06 bits per heavy atom. The van der Waals surface area contributed by atoms with Gasteiger partial charge in [0.25, 0.3) is 0 Å². The van der Waals surface area contributed by atoms with Crippen LogP contribution in [-0.4, -0.2) is 13.2 Å². The molecule has 0 saturated heterocycles. The second-order valence-electron chi connectivity index (χ2n) is 4.65. The molecular formula is C13H17ClFNO. The molecule has 0 aromatic heterocycles. The molecular weight excluding hydrogens is 241 g/mol. The lowest BCUT2D eigenvalue weighted by atomic mass is 9.79. The summed E-state index contributed by atoms with van der Waals surface area (Å²) in [6, 6.07) is 5.20. The molecule has 0 atom stereocenters. The van der Waals surface area contributed by atoms with Crippen LogP contribution in [0.4, 0.5) is 4.39 Å². The van der Waals surface area contributed by atoms with Gasteiger partial charge in [0.2, 0.25) is 0 Å². The van der Waals surface area contributed by atoms with Crippen molar-refractivity contribution in [3.05, 3.63) is 28.8 Å². The summed E-state index contributed by atoms with van der Waals surface area (Å²) in [6.45, 7) is 0. The van der Waals surface area contributed by atoms with E-state index >= 15 is 0 Å². The molecule has 2 nitrogen and oxygen atoms in total. The number of hydrogen-bond donors (Lipinski definition) is 1. The minimum absolute atomic E-state index is 0.115. The number of halogens is 2. The zero-order valence-corrected chi connectivity index (χ0v) is 10.6. The molecule has 0 unspecified atom stereocenters. The largest absolute Gasteiger partial charge is 0.496 e. The third-order valence-corrected chi connectivity index (χ3v) is 3.70. The van der Waals surface area contributed by atoms with Gasteiger partial charge in [-0.2, -0.15) is 0 Å². The second-order valence-corrected chi connectivity index (χ2v) is 5.08. The molecule has 0 heterocycles. The van der Waals surface area contributed by atoms with Crippen LogP contribution in [0.1, 0.15) is 31.2 Å². The van der Waals surface area contributed by atoms with Crippen molar-refractivity contribution in [2.75, 3.05) is 7.11 Å². The molecule has 1 aromatic rings. The Labute approximate surface area is 106 Å². The number of benzene rings is 1. The van der Waals surface area contributed by atoms with E-state index in [1.807, 2.05) is 0 Å². The molecule has 1 aromatic carbocycles. The van der Waals surface area contributed by atoms with Crippen molar-refractivity contribution in [2.24, 2.45) is 5.73 Å². The highest BCUT2D eigenvalue weighted by Gasteiger charge is 2.38. The van der Waals surface area contributed by atoms with Gasteiger partial charge in [0.1, 0.15) is 11.4 Å². The molecule has 2 rings (SSSR count). The van der Waals surface area contributed by atoms with Gasteiger partial charge in [-0.3, -0.25) is 0 Å². The van der Waals surface area contributed by atoms with Gasteiger partial charge in [0, 0.05) is 16.6 Å². The molecule has 94 valence electrons. The smallest absolute Gasteiger partial charge is 0.139 e. The summed E-state index contributed by atoms with van der Waals surface area (Å²) in [5.41, 5.74) is 5.01. The predicted octanol–water partition coefficient (Wildman–Crippen LogP) is 3.41. The van der Waals surface area contributed by atoms with E-state index in [2.05, 4.69) is 0 Å².